The van der Waals surface area contributed by atoms with E-state index in [9.17, 15) is 4.79 Å². The van der Waals surface area contributed by atoms with E-state index >= 15 is 0 Å². The van der Waals surface area contributed by atoms with Gasteiger partial charge in [-0.25, -0.2) is 0 Å². The minimum absolute atomic E-state index is 0.253. The molecule has 1 aromatic carbocycles. The van der Waals surface area contributed by atoms with Crippen LogP contribution in [0.2, 0.25) is 0 Å². The minimum Gasteiger partial charge on any atom is -0.493 e. The number of carbonyl (C=O) groups excluding carboxylic acids is 1. The highest BCUT2D eigenvalue weighted by Crippen LogP contribution is 2.31. The second-order valence-corrected chi connectivity index (χ2v) is 4.71. The van der Waals surface area contributed by atoms with Gasteiger partial charge < -0.3 is 15.2 Å². The molecule has 6 heteroatoms. The zero-order valence-corrected chi connectivity index (χ0v) is 11.5. The number of ether oxygens (including phenoxy) is 2. The van der Waals surface area contributed by atoms with Crippen LogP contribution in [0.5, 0.6) is 11.5 Å². The Morgan fingerprint density at radius 3 is 2.79 bits per heavy atom. The van der Waals surface area contributed by atoms with Gasteiger partial charge in [-0.15, -0.1) is 0 Å². The highest BCUT2D eigenvalue weighted by Gasteiger charge is 2.18. The summed E-state index contributed by atoms with van der Waals surface area (Å²) in [7, 11) is 1.58. The van der Waals surface area contributed by atoms with E-state index < -0.39 is 0 Å². The molecule has 0 atom stereocenters. The fourth-order valence-electron chi connectivity index (χ4n) is 1.63. The van der Waals surface area contributed by atoms with Gasteiger partial charge in [0, 0.05) is 0 Å². The normalized spacial score (nSPS) is 16.6. The third-order valence-corrected chi connectivity index (χ3v) is 3.26. The molecule has 5 nitrogen and oxygen atoms in total. The number of hydrogen-bond donors (Lipinski definition) is 1. The van der Waals surface area contributed by atoms with Crippen LogP contribution >= 0.6 is 11.8 Å². The Balaban J connectivity index is 2.29. The molecule has 0 saturated heterocycles. The molecule has 100 valence electrons. The molecule has 0 radical (unpaired) electrons. The Morgan fingerprint density at radius 2 is 2.21 bits per heavy atom. The minimum atomic E-state index is -0.290. The quantitative estimate of drug-likeness (QED) is 0.916. The smallest absolute Gasteiger partial charge is 0.311 e. The van der Waals surface area contributed by atoms with Crippen LogP contribution in [0.25, 0.3) is 6.08 Å². The summed E-state index contributed by atoms with van der Waals surface area (Å²) in [6.45, 7) is 2.48. The van der Waals surface area contributed by atoms with E-state index in [1.807, 2.05) is 25.1 Å². The lowest BCUT2D eigenvalue weighted by Gasteiger charge is -2.09. The molecule has 0 spiro atoms. The summed E-state index contributed by atoms with van der Waals surface area (Å²) >= 11 is 1.02. The molecular weight excluding hydrogens is 264 g/mol. The number of benzene rings is 1. The summed E-state index contributed by atoms with van der Waals surface area (Å²) in [5.74, 6) is 1.58. The second-order valence-electron chi connectivity index (χ2n) is 3.72. The first-order valence-corrected chi connectivity index (χ1v) is 6.54. The molecule has 1 heterocycles. The third kappa shape index (κ3) is 3.08. The molecule has 2 N–H and O–H groups in total. The maximum atomic E-state index is 11.1. The van der Waals surface area contributed by atoms with Crippen molar-refractivity contribution < 1.29 is 14.3 Å². The van der Waals surface area contributed by atoms with E-state index in [-0.39, 0.29) is 11.1 Å². The summed E-state index contributed by atoms with van der Waals surface area (Å²) in [6.07, 6.45) is 1.80. The van der Waals surface area contributed by atoms with Gasteiger partial charge in [-0.2, -0.15) is 4.99 Å². The zero-order chi connectivity index (χ0) is 13.8. The lowest BCUT2D eigenvalue weighted by molar-refractivity contribution is 0.268. The van der Waals surface area contributed by atoms with Crippen LogP contribution in [-0.4, -0.2) is 24.8 Å². The van der Waals surface area contributed by atoms with Gasteiger partial charge in [-0.1, -0.05) is 6.07 Å². The molecule has 0 aliphatic carbocycles. The average molecular weight is 278 g/mol. The Labute approximate surface area is 115 Å². The molecular formula is C13H14N2O3S. The van der Waals surface area contributed by atoms with Gasteiger partial charge in [0.05, 0.1) is 18.6 Å². The molecule has 0 aromatic heterocycles. The molecule has 2 rings (SSSR count). The summed E-state index contributed by atoms with van der Waals surface area (Å²) in [5.41, 5.74) is 6.52. The van der Waals surface area contributed by atoms with Gasteiger partial charge in [-0.3, -0.25) is 4.79 Å². The molecule has 1 aliphatic rings. The number of methoxy groups -OCH3 is 1. The Hall–Kier alpha value is -1.95. The fourth-order valence-corrected chi connectivity index (χ4v) is 2.30. The zero-order valence-electron chi connectivity index (χ0n) is 10.7. The fraction of sp³-hybridized carbons (Fsp3) is 0.231. The SMILES string of the molecule is CCOc1ccc(C=C2SC(=O)N=C2N)cc1OC. The molecule has 0 saturated carbocycles. The van der Waals surface area contributed by atoms with Crippen molar-refractivity contribution in [2.45, 2.75) is 6.92 Å². The van der Waals surface area contributed by atoms with E-state index in [1.54, 1.807) is 13.2 Å². The third-order valence-electron chi connectivity index (χ3n) is 2.45. The van der Waals surface area contributed by atoms with Gasteiger partial charge in [0.2, 0.25) is 0 Å². The largest absolute Gasteiger partial charge is 0.493 e. The summed E-state index contributed by atoms with van der Waals surface area (Å²) < 4.78 is 10.7. The van der Waals surface area contributed by atoms with E-state index in [4.69, 9.17) is 15.2 Å². The van der Waals surface area contributed by atoms with Gasteiger partial charge in [0.1, 0.15) is 5.84 Å². The van der Waals surface area contributed by atoms with Crippen molar-refractivity contribution in [3.8, 4) is 11.5 Å². The lowest BCUT2D eigenvalue weighted by atomic mass is 10.2. The van der Waals surface area contributed by atoms with Gasteiger partial charge in [0.15, 0.2) is 11.5 Å². The number of thioether (sulfide) groups is 1. The van der Waals surface area contributed by atoms with Crippen LogP contribution in [0, 0.1) is 0 Å². The maximum Gasteiger partial charge on any atom is 0.311 e. The Kier molecular flexibility index (Phi) is 4.11. The van der Waals surface area contributed by atoms with Crippen LogP contribution in [0.15, 0.2) is 28.1 Å². The van der Waals surface area contributed by atoms with Crippen LogP contribution in [-0.2, 0) is 0 Å². The highest BCUT2D eigenvalue weighted by molar-refractivity contribution is 8.18. The van der Waals surface area contributed by atoms with Crippen molar-refractivity contribution in [3.63, 3.8) is 0 Å². The monoisotopic (exact) mass is 278 g/mol. The van der Waals surface area contributed by atoms with E-state index in [0.717, 1.165) is 17.3 Å². The number of nitrogens with zero attached hydrogens (tertiary/aromatic N) is 1. The Bertz CT molecular complexity index is 567. The van der Waals surface area contributed by atoms with Gasteiger partial charge >= 0.3 is 5.24 Å². The molecule has 0 unspecified atom stereocenters. The van der Waals surface area contributed by atoms with Crippen molar-refractivity contribution in [3.05, 3.63) is 28.7 Å². The number of amidine groups is 1. The predicted molar refractivity (Wildman–Crippen MR) is 76.7 cm³/mol. The lowest BCUT2D eigenvalue weighted by Crippen LogP contribution is -2.08. The van der Waals surface area contributed by atoms with E-state index in [0.29, 0.717) is 23.0 Å². The first kappa shape index (κ1) is 13.5. The van der Waals surface area contributed by atoms with Crippen molar-refractivity contribution in [2.24, 2.45) is 10.7 Å². The number of aliphatic imine (C=N–C) groups is 1. The second kappa shape index (κ2) is 5.79. The standard InChI is InChI=1S/C13H14N2O3S/c1-3-18-9-5-4-8(6-10(9)17-2)7-11-12(14)15-13(16)19-11/h4-7H,3H2,1-2H3,(H2,14,15,16). The summed E-state index contributed by atoms with van der Waals surface area (Å²) in [4.78, 5) is 15.4. The average Bonchev–Trinajstić information content (AvgIpc) is 2.70. The topological polar surface area (TPSA) is 73.9 Å². The molecule has 0 bridgehead atoms. The number of carbonyl (C=O) groups is 1. The number of hydrogen-bond acceptors (Lipinski definition) is 5. The molecule has 1 amide bonds. The van der Waals surface area contributed by atoms with Crippen LogP contribution in [0.4, 0.5) is 4.79 Å². The highest BCUT2D eigenvalue weighted by atomic mass is 32.2. The van der Waals surface area contributed by atoms with Gasteiger partial charge in [0.25, 0.3) is 0 Å². The van der Waals surface area contributed by atoms with E-state index in [1.165, 1.54) is 0 Å². The molecule has 19 heavy (non-hydrogen) atoms. The predicted octanol–water partition coefficient (Wildman–Crippen LogP) is 2.66. The summed E-state index contributed by atoms with van der Waals surface area (Å²) in [6, 6.07) is 5.52. The van der Waals surface area contributed by atoms with Crippen LogP contribution in [0.3, 0.4) is 0 Å². The first-order valence-electron chi connectivity index (χ1n) is 5.73. The van der Waals surface area contributed by atoms with Crippen LogP contribution < -0.4 is 15.2 Å². The van der Waals surface area contributed by atoms with Gasteiger partial charge in [-0.05, 0) is 42.5 Å². The van der Waals surface area contributed by atoms with Crippen molar-refractivity contribution in [1.29, 1.82) is 0 Å². The number of rotatable bonds is 4. The van der Waals surface area contributed by atoms with Crippen molar-refractivity contribution >= 4 is 28.9 Å². The van der Waals surface area contributed by atoms with E-state index in [2.05, 4.69) is 4.99 Å². The summed E-state index contributed by atoms with van der Waals surface area (Å²) in [5, 5.41) is -0.290. The van der Waals surface area contributed by atoms with Crippen molar-refractivity contribution in [2.75, 3.05) is 13.7 Å². The maximum absolute atomic E-state index is 11.1. The molecule has 1 aliphatic heterocycles. The first-order chi connectivity index (χ1) is 9.13. The number of nitrogens with two attached hydrogens (primary N) is 1. The van der Waals surface area contributed by atoms with Crippen molar-refractivity contribution in [1.82, 2.24) is 0 Å². The Morgan fingerprint density at radius 1 is 1.42 bits per heavy atom. The van der Waals surface area contributed by atoms with Crippen LogP contribution in [0.1, 0.15) is 12.5 Å². The molecule has 1 aromatic rings. The molecule has 0 fully saturated rings. The number of amides is 1.